The molecule has 0 bridgehead atoms. The number of nitrogens with one attached hydrogen (secondary N) is 1. The summed E-state index contributed by atoms with van der Waals surface area (Å²) in [4.78, 5) is 18.4. The zero-order valence-electron chi connectivity index (χ0n) is 18.1. The standard InChI is InChI=1S/C22H24N2O5S3/c1-5-18-19(15-9-7-6-8-10-15)23-21(30-18)24-20(25)22(2,3)32(28,29)17-13-11-16(12-14-17)31(4,26)27/h6-14H,5H2,1-4H3,(H,23,24,25). The van der Waals surface area contributed by atoms with E-state index in [0.29, 0.717) is 11.6 Å². The van der Waals surface area contributed by atoms with Gasteiger partial charge in [-0.05, 0) is 44.5 Å². The molecule has 170 valence electrons. The summed E-state index contributed by atoms with van der Waals surface area (Å²) < 4.78 is 47.8. The molecule has 1 aromatic heterocycles. The summed E-state index contributed by atoms with van der Waals surface area (Å²) in [5.74, 6) is -0.722. The summed E-state index contributed by atoms with van der Waals surface area (Å²) in [6.07, 6.45) is 1.75. The van der Waals surface area contributed by atoms with Crippen molar-refractivity contribution in [2.45, 2.75) is 41.7 Å². The van der Waals surface area contributed by atoms with Crippen molar-refractivity contribution in [1.82, 2.24) is 4.98 Å². The first-order chi connectivity index (χ1) is 14.9. The van der Waals surface area contributed by atoms with E-state index in [0.717, 1.165) is 22.4 Å². The van der Waals surface area contributed by atoms with Crippen molar-refractivity contribution >= 4 is 42.1 Å². The molecule has 3 aromatic rings. The van der Waals surface area contributed by atoms with Crippen LogP contribution in [0.4, 0.5) is 5.13 Å². The van der Waals surface area contributed by atoms with Crippen molar-refractivity contribution in [3.8, 4) is 11.3 Å². The number of amides is 1. The molecule has 10 heteroatoms. The van der Waals surface area contributed by atoms with Crippen molar-refractivity contribution in [2.24, 2.45) is 0 Å². The summed E-state index contributed by atoms with van der Waals surface area (Å²) in [5.41, 5.74) is 1.67. The van der Waals surface area contributed by atoms with Crippen LogP contribution in [0, 0.1) is 0 Å². The van der Waals surface area contributed by atoms with Gasteiger partial charge >= 0.3 is 0 Å². The first-order valence-corrected chi connectivity index (χ1v) is 14.0. The quantitative estimate of drug-likeness (QED) is 0.534. The molecule has 0 saturated heterocycles. The number of carbonyl (C=O) groups is 1. The van der Waals surface area contributed by atoms with Crippen LogP contribution in [0.1, 0.15) is 25.6 Å². The summed E-state index contributed by atoms with van der Waals surface area (Å²) >= 11 is 1.31. The van der Waals surface area contributed by atoms with E-state index >= 15 is 0 Å². The Bertz CT molecular complexity index is 1340. The normalized spacial score (nSPS) is 12.5. The Labute approximate surface area is 192 Å². The lowest BCUT2D eigenvalue weighted by Crippen LogP contribution is -2.44. The van der Waals surface area contributed by atoms with Crippen molar-refractivity contribution in [3.05, 3.63) is 59.5 Å². The Morgan fingerprint density at radius 3 is 2.06 bits per heavy atom. The molecular weight excluding hydrogens is 468 g/mol. The topological polar surface area (TPSA) is 110 Å². The Balaban J connectivity index is 1.89. The molecule has 1 amide bonds. The second-order valence-electron chi connectivity index (χ2n) is 7.72. The third kappa shape index (κ3) is 4.62. The van der Waals surface area contributed by atoms with E-state index in [1.165, 1.54) is 49.4 Å². The van der Waals surface area contributed by atoms with Gasteiger partial charge in [-0.15, -0.1) is 11.3 Å². The SMILES string of the molecule is CCc1sc(NC(=O)C(C)(C)S(=O)(=O)c2ccc(S(C)(=O)=O)cc2)nc1-c1ccccc1. The highest BCUT2D eigenvalue weighted by Crippen LogP contribution is 2.33. The average Bonchev–Trinajstić information content (AvgIpc) is 3.16. The van der Waals surface area contributed by atoms with Gasteiger partial charge in [-0.25, -0.2) is 21.8 Å². The molecule has 0 aliphatic rings. The molecule has 1 heterocycles. The third-order valence-corrected chi connectivity index (χ3v) is 9.73. The third-order valence-electron chi connectivity index (χ3n) is 5.07. The monoisotopic (exact) mass is 492 g/mol. The molecule has 32 heavy (non-hydrogen) atoms. The molecule has 1 N–H and O–H groups in total. The average molecular weight is 493 g/mol. The number of hydrogen-bond donors (Lipinski definition) is 1. The lowest BCUT2D eigenvalue weighted by Gasteiger charge is -2.23. The van der Waals surface area contributed by atoms with Gasteiger partial charge in [-0.2, -0.15) is 0 Å². The van der Waals surface area contributed by atoms with E-state index in [4.69, 9.17) is 0 Å². The Kier molecular flexibility index (Phi) is 6.60. The highest BCUT2D eigenvalue weighted by Gasteiger charge is 2.43. The van der Waals surface area contributed by atoms with E-state index in [2.05, 4.69) is 10.3 Å². The molecule has 2 aromatic carbocycles. The minimum atomic E-state index is -4.11. The van der Waals surface area contributed by atoms with Gasteiger partial charge in [0.2, 0.25) is 5.91 Å². The second-order valence-corrected chi connectivity index (χ2v) is 13.3. The van der Waals surface area contributed by atoms with Crippen LogP contribution in [0.25, 0.3) is 11.3 Å². The predicted octanol–water partition coefficient (Wildman–Crippen LogP) is 3.97. The Hall–Kier alpha value is -2.56. The number of nitrogens with zero attached hydrogens (tertiary/aromatic N) is 1. The summed E-state index contributed by atoms with van der Waals surface area (Å²) in [6, 6.07) is 14.4. The zero-order chi connectivity index (χ0) is 23.7. The molecular formula is C22H24N2O5S3. The maximum absolute atomic E-state index is 13.2. The molecule has 0 atom stereocenters. The molecule has 0 spiro atoms. The lowest BCUT2D eigenvalue weighted by atomic mass is 10.1. The number of sulfone groups is 2. The van der Waals surface area contributed by atoms with Gasteiger partial charge < -0.3 is 5.32 Å². The minimum Gasteiger partial charge on any atom is -0.301 e. The number of carbonyl (C=O) groups excluding carboxylic acids is 1. The highest BCUT2D eigenvalue weighted by molar-refractivity contribution is 7.93. The van der Waals surface area contributed by atoms with Gasteiger partial charge in [0, 0.05) is 16.7 Å². The number of benzene rings is 2. The number of aromatic nitrogens is 1. The largest absolute Gasteiger partial charge is 0.301 e. The molecule has 7 nitrogen and oxygen atoms in total. The van der Waals surface area contributed by atoms with Crippen molar-refractivity contribution < 1.29 is 21.6 Å². The van der Waals surface area contributed by atoms with Crippen LogP contribution in [-0.2, 0) is 30.9 Å². The molecule has 0 saturated carbocycles. The molecule has 0 aliphatic carbocycles. The van der Waals surface area contributed by atoms with E-state index in [-0.39, 0.29) is 9.79 Å². The van der Waals surface area contributed by atoms with E-state index < -0.39 is 30.3 Å². The number of aryl methyl sites for hydroxylation is 1. The lowest BCUT2D eigenvalue weighted by molar-refractivity contribution is -0.117. The Morgan fingerprint density at radius 1 is 0.969 bits per heavy atom. The first kappa shape index (κ1) is 24.1. The van der Waals surface area contributed by atoms with Gasteiger partial charge in [0.15, 0.2) is 24.8 Å². The van der Waals surface area contributed by atoms with Crippen LogP contribution in [0.3, 0.4) is 0 Å². The van der Waals surface area contributed by atoms with Crippen LogP contribution < -0.4 is 5.32 Å². The summed E-state index contributed by atoms with van der Waals surface area (Å²) in [5, 5.41) is 2.97. The van der Waals surface area contributed by atoms with Crippen LogP contribution in [0.2, 0.25) is 0 Å². The predicted molar refractivity (Wildman–Crippen MR) is 126 cm³/mol. The van der Waals surface area contributed by atoms with E-state index in [1.54, 1.807) is 0 Å². The number of hydrogen-bond acceptors (Lipinski definition) is 7. The first-order valence-electron chi connectivity index (χ1n) is 9.79. The van der Waals surface area contributed by atoms with Gasteiger partial charge in [0.25, 0.3) is 0 Å². The van der Waals surface area contributed by atoms with E-state index in [9.17, 15) is 21.6 Å². The Morgan fingerprint density at radius 2 is 1.53 bits per heavy atom. The summed E-state index contributed by atoms with van der Waals surface area (Å²) in [6.45, 7) is 4.61. The smallest absolute Gasteiger partial charge is 0.247 e. The fourth-order valence-corrected chi connectivity index (χ4v) is 5.92. The molecule has 3 rings (SSSR count). The highest BCUT2D eigenvalue weighted by atomic mass is 32.2. The maximum Gasteiger partial charge on any atom is 0.247 e. The fraction of sp³-hybridized carbons (Fsp3) is 0.273. The van der Waals surface area contributed by atoms with Crippen LogP contribution in [-0.4, -0.2) is 38.7 Å². The van der Waals surface area contributed by atoms with Crippen molar-refractivity contribution in [3.63, 3.8) is 0 Å². The maximum atomic E-state index is 13.2. The van der Waals surface area contributed by atoms with Gasteiger partial charge in [-0.3, -0.25) is 4.79 Å². The molecule has 0 aliphatic heterocycles. The van der Waals surface area contributed by atoms with Gasteiger partial charge in [0.1, 0.15) is 4.75 Å². The fourth-order valence-electron chi connectivity index (χ4n) is 3.00. The van der Waals surface area contributed by atoms with Gasteiger partial charge in [-0.1, -0.05) is 37.3 Å². The molecule has 0 fully saturated rings. The van der Waals surface area contributed by atoms with Crippen LogP contribution >= 0.6 is 11.3 Å². The van der Waals surface area contributed by atoms with Crippen molar-refractivity contribution in [2.75, 3.05) is 11.6 Å². The van der Waals surface area contributed by atoms with Gasteiger partial charge in [0.05, 0.1) is 15.5 Å². The van der Waals surface area contributed by atoms with Crippen LogP contribution in [0.15, 0.2) is 64.4 Å². The number of thiazole rings is 1. The molecule has 0 unspecified atom stereocenters. The minimum absolute atomic E-state index is 0.00188. The zero-order valence-corrected chi connectivity index (χ0v) is 20.6. The van der Waals surface area contributed by atoms with E-state index in [1.807, 2.05) is 37.3 Å². The van der Waals surface area contributed by atoms with Crippen LogP contribution in [0.5, 0.6) is 0 Å². The van der Waals surface area contributed by atoms with Crippen molar-refractivity contribution in [1.29, 1.82) is 0 Å². The number of anilines is 1. The summed E-state index contributed by atoms with van der Waals surface area (Å²) in [7, 11) is -7.58. The second kappa shape index (κ2) is 8.76. The number of rotatable bonds is 7. The molecule has 0 radical (unpaired) electrons.